The normalized spacial score (nSPS) is 13.2. The highest BCUT2D eigenvalue weighted by molar-refractivity contribution is 6.27. The Morgan fingerprint density at radius 1 is 1.05 bits per heavy atom. The van der Waals surface area contributed by atoms with Crippen LogP contribution >= 0.6 is 11.6 Å². The van der Waals surface area contributed by atoms with E-state index in [2.05, 4.69) is 0 Å². The van der Waals surface area contributed by atoms with Gasteiger partial charge in [-0.15, -0.1) is 11.6 Å². The molecule has 0 saturated carbocycles. The van der Waals surface area contributed by atoms with Crippen LogP contribution in [0.1, 0.15) is 27.2 Å². The zero-order valence-electron chi connectivity index (χ0n) is 11.2. The van der Waals surface area contributed by atoms with Gasteiger partial charge in [-0.1, -0.05) is 0 Å². The lowest BCUT2D eigenvalue weighted by molar-refractivity contribution is -0.276. The van der Waals surface area contributed by atoms with Crippen molar-refractivity contribution in [3.63, 3.8) is 0 Å². The molecule has 0 heterocycles. The van der Waals surface area contributed by atoms with Gasteiger partial charge in [-0.3, -0.25) is 9.59 Å². The molecule has 0 bridgehead atoms. The molecule has 3 nitrogen and oxygen atoms in total. The van der Waals surface area contributed by atoms with E-state index in [-0.39, 0.29) is 6.42 Å². The van der Waals surface area contributed by atoms with Crippen LogP contribution in [0.2, 0.25) is 0 Å². The Labute approximate surface area is 118 Å². The van der Waals surface area contributed by atoms with Crippen molar-refractivity contribution < 1.29 is 31.5 Å². The summed E-state index contributed by atoms with van der Waals surface area (Å²) in [6.07, 6.45) is -6.37. The van der Waals surface area contributed by atoms with Gasteiger partial charge in [0.05, 0.1) is 5.88 Å². The van der Waals surface area contributed by atoms with E-state index in [0.29, 0.717) is 4.90 Å². The highest BCUT2D eigenvalue weighted by atomic mass is 35.5. The van der Waals surface area contributed by atoms with Crippen LogP contribution in [-0.4, -0.2) is 46.7 Å². The lowest BCUT2D eigenvalue weighted by Gasteiger charge is -2.38. The molecule has 0 fully saturated rings. The Hall–Kier alpha value is -0.920. The number of carbonyl (C=O) groups excluding carboxylic acids is 2. The molecule has 0 radical (unpaired) electrons. The van der Waals surface area contributed by atoms with Crippen LogP contribution in [0.4, 0.5) is 22.0 Å². The molecule has 9 heteroatoms. The molecule has 0 N–H and O–H groups in total. The molecule has 1 amide bonds. The largest absolute Gasteiger partial charge is 0.463 e. The Kier molecular flexibility index (Phi) is 5.95. The standard InChI is InChI=1S/C11H15ClF5NO2/c1-9(2,3)18(5-4-7(19)6-12)8(20)10(13,14)11(15,16)17/h4-6H2,1-3H3. The minimum absolute atomic E-state index is 0.338. The average Bonchev–Trinajstić information content (AvgIpc) is 2.25. The molecule has 0 aromatic rings. The fourth-order valence-electron chi connectivity index (χ4n) is 1.34. The maximum absolute atomic E-state index is 13.1. The maximum atomic E-state index is 13.1. The van der Waals surface area contributed by atoms with E-state index in [9.17, 15) is 31.5 Å². The summed E-state index contributed by atoms with van der Waals surface area (Å²) in [6, 6.07) is 0. The van der Waals surface area contributed by atoms with Gasteiger partial charge in [0.25, 0.3) is 0 Å². The minimum Gasteiger partial charge on any atom is -0.332 e. The third kappa shape index (κ3) is 4.57. The van der Waals surface area contributed by atoms with Crippen molar-refractivity contribution in [2.24, 2.45) is 0 Å². The van der Waals surface area contributed by atoms with Crippen molar-refractivity contribution in [1.29, 1.82) is 0 Å². The first-order valence-electron chi connectivity index (χ1n) is 5.59. The number of halogens is 6. The van der Waals surface area contributed by atoms with Gasteiger partial charge in [0.15, 0.2) is 0 Å². The number of alkyl halides is 6. The Bertz CT molecular complexity index is 376. The molecule has 0 spiro atoms. The summed E-state index contributed by atoms with van der Waals surface area (Å²) < 4.78 is 62.8. The summed E-state index contributed by atoms with van der Waals surface area (Å²) in [5.74, 6) is -8.82. The van der Waals surface area contributed by atoms with E-state index in [1.807, 2.05) is 0 Å². The predicted molar refractivity (Wildman–Crippen MR) is 62.8 cm³/mol. The minimum atomic E-state index is -5.98. The number of ketones is 1. The molecule has 0 aromatic carbocycles. The molecule has 20 heavy (non-hydrogen) atoms. The average molecular weight is 324 g/mol. The van der Waals surface area contributed by atoms with Crippen molar-refractivity contribution in [2.45, 2.75) is 44.8 Å². The molecule has 0 rings (SSSR count). The molecule has 0 aliphatic heterocycles. The van der Waals surface area contributed by atoms with Crippen LogP contribution < -0.4 is 0 Å². The van der Waals surface area contributed by atoms with Gasteiger partial charge in [0.1, 0.15) is 5.78 Å². The summed E-state index contributed by atoms with van der Waals surface area (Å²) in [5.41, 5.74) is -1.29. The second kappa shape index (κ2) is 6.24. The second-order valence-corrected chi connectivity index (χ2v) is 5.39. The molecule has 0 atom stereocenters. The summed E-state index contributed by atoms with van der Waals surface area (Å²) in [7, 11) is 0. The third-order valence-corrected chi connectivity index (χ3v) is 2.74. The number of rotatable bonds is 5. The quantitative estimate of drug-likeness (QED) is 0.576. The summed E-state index contributed by atoms with van der Waals surface area (Å²) in [6.45, 7) is 3.33. The molecule has 0 saturated heterocycles. The lowest BCUT2D eigenvalue weighted by atomic mass is 10.0. The molecule has 0 unspecified atom stereocenters. The molecule has 0 aliphatic carbocycles. The molecule has 0 aliphatic rings. The van der Waals surface area contributed by atoms with E-state index in [1.165, 1.54) is 20.8 Å². The first-order chi connectivity index (χ1) is 8.75. The van der Waals surface area contributed by atoms with Gasteiger partial charge >= 0.3 is 18.0 Å². The molecular weight excluding hydrogens is 309 g/mol. The molecule has 118 valence electrons. The highest BCUT2D eigenvalue weighted by Gasteiger charge is 2.65. The Morgan fingerprint density at radius 2 is 1.50 bits per heavy atom. The van der Waals surface area contributed by atoms with E-state index in [0.717, 1.165) is 0 Å². The van der Waals surface area contributed by atoms with Crippen molar-refractivity contribution in [2.75, 3.05) is 12.4 Å². The van der Waals surface area contributed by atoms with E-state index < -0.39 is 41.8 Å². The summed E-state index contributed by atoms with van der Waals surface area (Å²) in [4.78, 5) is 22.8. The van der Waals surface area contributed by atoms with Crippen LogP contribution in [0, 0.1) is 0 Å². The summed E-state index contributed by atoms with van der Waals surface area (Å²) >= 11 is 5.21. The first kappa shape index (κ1) is 19.1. The number of carbonyl (C=O) groups is 2. The molecular formula is C11H15ClF5NO2. The fraction of sp³-hybridized carbons (Fsp3) is 0.818. The lowest BCUT2D eigenvalue weighted by Crippen LogP contribution is -2.57. The van der Waals surface area contributed by atoms with Crippen LogP contribution in [0.25, 0.3) is 0 Å². The SMILES string of the molecule is CC(C)(C)N(CCC(=O)CCl)C(=O)C(F)(F)C(F)(F)F. The van der Waals surface area contributed by atoms with Gasteiger partial charge in [-0.2, -0.15) is 22.0 Å². The monoisotopic (exact) mass is 323 g/mol. The topological polar surface area (TPSA) is 37.4 Å². The zero-order valence-corrected chi connectivity index (χ0v) is 11.9. The number of hydrogen-bond acceptors (Lipinski definition) is 2. The fourth-order valence-corrected chi connectivity index (χ4v) is 1.47. The van der Waals surface area contributed by atoms with Crippen LogP contribution in [0.5, 0.6) is 0 Å². The van der Waals surface area contributed by atoms with Gasteiger partial charge in [0, 0.05) is 18.5 Å². The molecule has 0 aromatic heterocycles. The highest BCUT2D eigenvalue weighted by Crippen LogP contribution is 2.38. The number of nitrogens with zero attached hydrogens (tertiary/aromatic N) is 1. The summed E-state index contributed by atoms with van der Waals surface area (Å²) in [5, 5.41) is 0. The van der Waals surface area contributed by atoms with Crippen molar-refractivity contribution in [3.8, 4) is 0 Å². The van der Waals surface area contributed by atoms with Crippen molar-refractivity contribution in [3.05, 3.63) is 0 Å². The van der Waals surface area contributed by atoms with Crippen molar-refractivity contribution in [1.82, 2.24) is 4.90 Å². The zero-order chi connectivity index (χ0) is 16.4. The van der Waals surface area contributed by atoms with E-state index in [1.54, 1.807) is 0 Å². The van der Waals surface area contributed by atoms with Crippen LogP contribution in [0.15, 0.2) is 0 Å². The number of Topliss-reactive ketones (excluding diaryl/α,β-unsaturated/α-hetero) is 1. The predicted octanol–water partition coefficient (Wildman–Crippen LogP) is 3.01. The van der Waals surface area contributed by atoms with E-state index >= 15 is 0 Å². The van der Waals surface area contributed by atoms with Gasteiger partial charge in [-0.25, -0.2) is 0 Å². The second-order valence-electron chi connectivity index (χ2n) is 5.12. The Balaban J connectivity index is 5.26. The maximum Gasteiger partial charge on any atom is 0.463 e. The van der Waals surface area contributed by atoms with Crippen molar-refractivity contribution >= 4 is 23.3 Å². The van der Waals surface area contributed by atoms with Gasteiger partial charge in [-0.05, 0) is 20.8 Å². The number of amides is 1. The Morgan fingerprint density at radius 3 is 1.80 bits per heavy atom. The third-order valence-electron chi connectivity index (χ3n) is 2.44. The van der Waals surface area contributed by atoms with Crippen LogP contribution in [-0.2, 0) is 9.59 Å². The van der Waals surface area contributed by atoms with E-state index in [4.69, 9.17) is 11.6 Å². The number of hydrogen-bond donors (Lipinski definition) is 0. The first-order valence-corrected chi connectivity index (χ1v) is 6.13. The van der Waals surface area contributed by atoms with Gasteiger partial charge in [0.2, 0.25) is 0 Å². The van der Waals surface area contributed by atoms with Gasteiger partial charge < -0.3 is 4.90 Å². The van der Waals surface area contributed by atoms with Crippen LogP contribution in [0.3, 0.4) is 0 Å². The smallest absolute Gasteiger partial charge is 0.332 e.